The van der Waals surface area contributed by atoms with Crippen LogP contribution in [0, 0.1) is 10.1 Å². The molecule has 0 spiro atoms. The minimum Gasteiger partial charge on any atom is -0.358 e. The van der Waals surface area contributed by atoms with E-state index in [9.17, 15) is 10.1 Å². The van der Waals surface area contributed by atoms with Crippen molar-refractivity contribution in [2.45, 2.75) is 26.2 Å². The van der Waals surface area contributed by atoms with Crippen molar-refractivity contribution in [2.24, 2.45) is 0 Å². The van der Waals surface area contributed by atoms with Gasteiger partial charge in [-0.25, -0.2) is 9.97 Å². The molecule has 0 radical (unpaired) electrons. The van der Waals surface area contributed by atoms with Gasteiger partial charge in [0, 0.05) is 6.42 Å². The molecular weight excluding hydrogens is 214 g/mol. The molecule has 0 amide bonds. The molecule has 1 N–H and O–H groups in total. The van der Waals surface area contributed by atoms with Gasteiger partial charge in [0.2, 0.25) is 0 Å². The lowest BCUT2D eigenvalue weighted by atomic mass is 10.2. The van der Waals surface area contributed by atoms with E-state index >= 15 is 0 Å². The summed E-state index contributed by atoms with van der Waals surface area (Å²) in [4.78, 5) is 16.5. The van der Waals surface area contributed by atoms with Gasteiger partial charge in [0.15, 0.2) is 5.82 Å². The van der Waals surface area contributed by atoms with E-state index in [1.165, 1.54) is 6.20 Å². The van der Waals surface area contributed by atoms with Crippen LogP contribution in [-0.2, 0) is 6.42 Å². The number of thioether (sulfide) groups is 1. The van der Waals surface area contributed by atoms with Crippen molar-refractivity contribution in [3.63, 3.8) is 0 Å². The zero-order valence-corrected chi connectivity index (χ0v) is 9.55. The van der Waals surface area contributed by atoms with Gasteiger partial charge >= 0.3 is 5.82 Å². The summed E-state index contributed by atoms with van der Waals surface area (Å²) in [6, 6.07) is 0. The maximum Gasteiger partial charge on any atom is 0.340 e. The molecule has 0 saturated heterocycles. The van der Waals surface area contributed by atoms with Crippen molar-refractivity contribution in [1.82, 2.24) is 9.97 Å². The van der Waals surface area contributed by atoms with Crippen LogP contribution in [0.15, 0.2) is 6.20 Å². The molecular formula is C9H15N3O2S. The van der Waals surface area contributed by atoms with Crippen LogP contribution in [0.3, 0.4) is 0 Å². The van der Waals surface area contributed by atoms with Crippen molar-refractivity contribution in [2.75, 3.05) is 11.5 Å². The fourth-order valence-corrected chi connectivity index (χ4v) is 1.91. The highest BCUT2D eigenvalue weighted by molar-refractivity contribution is 7.99. The molecule has 0 bridgehead atoms. The van der Waals surface area contributed by atoms with E-state index < -0.39 is 4.92 Å². The Labute approximate surface area is 92.8 Å². The van der Waals surface area contributed by atoms with Crippen LogP contribution in [0.4, 0.5) is 5.82 Å². The van der Waals surface area contributed by atoms with Gasteiger partial charge in [0.05, 0.1) is 0 Å². The first-order valence-electron chi connectivity index (χ1n) is 5.00. The van der Waals surface area contributed by atoms with Crippen LogP contribution in [0.5, 0.6) is 0 Å². The normalized spacial score (nSPS) is 10.5. The molecule has 6 heteroatoms. The van der Waals surface area contributed by atoms with Crippen molar-refractivity contribution in [1.29, 1.82) is 0 Å². The molecule has 1 aromatic heterocycles. The summed E-state index contributed by atoms with van der Waals surface area (Å²) in [6.07, 6.45) is 4.22. The maximum absolute atomic E-state index is 10.4. The Morgan fingerprint density at radius 2 is 2.40 bits per heavy atom. The highest BCUT2D eigenvalue weighted by atomic mass is 32.2. The van der Waals surface area contributed by atoms with Crippen LogP contribution in [0.1, 0.15) is 25.6 Å². The summed E-state index contributed by atoms with van der Waals surface area (Å²) in [5.74, 6) is 2.99. The number of nitro groups is 1. The predicted molar refractivity (Wildman–Crippen MR) is 61.2 cm³/mol. The summed E-state index contributed by atoms with van der Waals surface area (Å²) < 4.78 is 0. The minimum absolute atomic E-state index is 0.0204. The average Bonchev–Trinajstić information content (AvgIpc) is 2.66. The summed E-state index contributed by atoms with van der Waals surface area (Å²) >= 11 is 1.91. The summed E-state index contributed by atoms with van der Waals surface area (Å²) in [7, 11) is 0. The lowest BCUT2D eigenvalue weighted by Crippen LogP contribution is -1.91. The minimum atomic E-state index is -0.455. The number of hydrogen-bond acceptors (Lipinski definition) is 4. The number of imidazole rings is 1. The van der Waals surface area contributed by atoms with Gasteiger partial charge in [0.25, 0.3) is 0 Å². The van der Waals surface area contributed by atoms with Crippen LogP contribution < -0.4 is 0 Å². The Kier molecular flexibility index (Phi) is 5.17. The largest absolute Gasteiger partial charge is 0.358 e. The number of rotatable bonds is 7. The van der Waals surface area contributed by atoms with Gasteiger partial charge in [-0.3, -0.25) is 0 Å². The average molecular weight is 229 g/mol. The highest BCUT2D eigenvalue weighted by Gasteiger charge is 2.08. The summed E-state index contributed by atoms with van der Waals surface area (Å²) in [6.45, 7) is 2.14. The number of hydrogen-bond donors (Lipinski definition) is 1. The van der Waals surface area contributed by atoms with E-state index in [0.29, 0.717) is 5.82 Å². The van der Waals surface area contributed by atoms with Crippen molar-refractivity contribution in [3.8, 4) is 0 Å². The van der Waals surface area contributed by atoms with Gasteiger partial charge in [0.1, 0.15) is 6.20 Å². The fraction of sp³-hybridized carbons (Fsp3) is 0.667. The zero-order chi connectivity index (χ0) is 11.1. The standard InChI is InChI=1S/C9H15N3O2S/c1-2-15-6-4-3-5-8-10-7-9(11-8)12(13)14/h7H,2-6H2,1H3,(H,10,11). The van der Waals surface area contributed by atoms with E-state index in [2.05, 4.69) is 16.9 Å². The fourth-order valence-electron chi connectivity index (χ4n) is 1.21. The summed E-state index contributed by atoms with van der Waals surface area (Å²) in [5, 5.41) is 10.4. The number of nitrogens with one attached hydrogen (secondary N) is 1. The quantitative estimate of drug-likeness (QED) is 0.442. The first kappa shape index (κ1) is 12.0. The third-order valence-electron chi connectivity index (χ3n) is 1.97. The molecule has 0 unspecified atom stereocenters. The lowest BCUT2D eigenvalue weighted by molar-refractivity contribution is -0.389. The van der Waals surface area contributed by atoms with E-state index in [1.54, 1.807) is 0 Å². The second-order valence-corrected chi connectivity index (χ2v) is 4.52. The topological polar surface area (TPSA) is 71.8 Å². The maximum atomic E-state index is 10.4. The van der Waals surface area contributed by atoms with E-state index in [-0.39, 0.29) is 5.82 Å². The van der Waals surface area contributed by atoms with Crippen LogP contribution in [0.25, 0.3) is 0 Å². The van der Waals surface area contributed by atoms with Gasteiger partial charge < -0.3 is 10.1 Å². The monoisotopic (exact) mass is 229 g/mol. The van der Waals surface area contributed by atoms with Crippen LogP contribution in [0.2, 0.25) is 0 Å². The molecule has 1 aromatic rings. The smallest absolute Gasteiger partial charge is 0.340 e. The second-order valence-electron chi connectivity index (χ2n) is 3.13. The predicted octanol–water partition coefficient (Wildman–Crippen LogP) is 2.39. The highest BCUT2D eigenvalue weighted by Crippen LogP contribution is 2.10. The molecule has 0 saturated carbocycles. The van der Waals surface area contributed by atoms with Crippen molar-refractivity contribution < 1.29 is 4.92 Å². The number of unbranched alkanes of at least 4 members (excludes halogenated alkanes) is 1. The van der Waals surface area contributed by atoms with Gasteiger partial charge in [-0.15, -0.1) is 0 Å². The molecule has 0 atom stereocenters. The van der Waals surface area contributed by atoms with Crippen molar-refractivity contribution >= 4 is 17.6 Å². The van der Waals surface area contributed by atoms with Crippen LogP contribution in [-0.4, -0.2) is 26.4 Å². The molecule has 1 heterocycles. The molecule has 0 fully saturated rings. The Balaban J connectivity index is 2.23. The lowest BCUT2D eigenvalue weighted by Gasteiger charge is -1.96. The Hall–Kier alpha value is -1.04. The third kappa shape index (κ3) is 4.33. The number of nitrogens with zero attached hydrogens (tertiary/aromatic N) is 2. The number of aryl methyl sites for hydroxylation is 1. The van der Waals surface area contributed by atoms with Gasteiger partial charge in [-0.2, -0.15) is 11.8 Å². The van der Waals surface area contributed by atoms with E-state index in [4.69, 9.17) is 0 Å². The molecule has 0 aliphatic carbocycles. The van der Waals surface area contributed by atoms with Crippen molar-refractivity contribution in [3.05, 3.63) is 22.1 Å². The molecule has 1 rings (SSSR count). The molecule has 84 valence electrons. The second kappa shape index (κ2) is 6.44. The number of H-pyrrole nitrogens is 1. The van der Waals surface area contributed by atoms with Gasteiger partial charge in [-0.1, -0.05) is 6.92 Å². The van der Waals surface area contributed by atoms with Gasteiger partial charge in [-0.05, 0) is 29.3 Å². The molecule has 0 aliphatic rings. The SMILES string of the molecule is CCSCCCCc1ncc([N+](=O)[O-])[nH]1. The Morgan fingerprint density at radius 1 is 1.60 bits per heavy atom. The van der Waals surface area contributed by atoms with E-state index in [0.717, 1.165) is 30.8 Å². The van der Waals surface area contributed by atoms with E-state index in [1.807, 2.05) is 11.8 Å². The van der Waals surface area contributed by atoms with Crippen LogP contribution >= 0.6 is 11.8 Å². The first-order chi connectivity index (χ1) is 7.24. The molecule has 0 aliphatic heterocycles. The Morgan fingerprint density at radius 3 is 3.00 bits per heavy atom. The summed E-state index contributed by atoms with van der Waals surface area (Å²) in [5.41, 5.74) is 0. The molecule has 0 aromatic carbocycles. The number of aromatic nitrogens is 2. The molecule has 5 nitrogen and oxygen atoms in total. The zero-order valence-electron chi connectivity index (χ0n) is 8.73. The number of aromatic amines is 1. The Bertz CT molecular complexity index is 314. The molecule has 15 heavy (non-hydrogen) atoms. The third-order valence-corrected chi connectivity index (χ3v) is 2.95. The first-order valence-corrected chi connectivity index (χ1v) is 6.15.